The first kappa shape index (κ1) is 14.0. The van der Waals surface area contributed by atoms with Crippen LogP contribution in [0.5, 0.6) is 0 Å². The molecular formula is C12H17N3O3. The Morgan fingerprint density at radius 2 is 2.39 bits per heavy atom. The highest BCUT2D eigenvalue weighted by Crippen LogP contribution is 2.08. The molecular weight excluding hydrogens is 234 g/mol. The molecule has 0 spiro atoms. The molecule has 0 aliphatic rings. The Bertz CT molecular complexity index is 440. The van der Waals surface area contributed by atoms with E-state index in [0.717, 1.165) is 0 Å². The van der Waals surface area contributed by atoms with E-state index in [1.807, 2.05) is 0 Å². The molecule has 1 heterocycles. The number of nitrogens with one attached hydrogen (secondary N) is 1. The number of ether oxygens (including phenoxy) is 1. The smallest absolute Gasteiger partial charge is 0.341 e. The van der Waals surface area contributed by atoms with Crippen LogP contribution >= 0.6 is 0 Å². The van der Waals surface area contributed by atoms with Crippen LogP contribution in [0.3, 0.4) is 0 Å². The van der Waals surface area contributed by atoms with Gasteiger partial charge in [-0.15, -0.1) is 6.58 Å². The molecule has 0 aliphatic heterocycles. The van der Waals surface area contributed by atoms with Crippen LogP contribution in [-0.4, -0.2) is 34.8 Å². The van der Waals surface area contributed by atoms with Crippen LogP contribution in [0.1, 0.15) is 30.2 Å². The molecule has 1 rings (SSSR count). The average Bonchev–Trinajstić information content (AvgIpc) is 2.84. The van der Waals surface area contributed by atoms with E-state index in [-0.39, 0.29) is 5.91 Å². The van der Waals surface area contributed by atoms with Crippen molar-refractivity contribution >= 4 is 11.9 Å². The summed E-state index contributed by atoms with van der Waals surface area (Å²) in [7, 11) is 0. The lowest BCUT2D eigenvalue weighted by molar-refractivity contribution is -0.123. The molecule has 0 bridgehead atoms. The minimum atomic E-state index is -0.492. The second-order valence-corrected chi connectivity index (χ2v) is 3.64. The van der Waals surface area contributed by atoms with E-state index >= 15 is 0 Å². The van der Waals surface area contributed by atoms with Gasteiger partial charge in [0.15, 0.2) is 0 Å². The number of hydrogen-bond acceptors (Lipinski definition) is 4. The molecule has 0 saturated carbocycles. The monoisotopic (exact) mass is 251 g/mol. The first-order valence-electron chi connectivity index (χ1n) is 5.70. The van der Waals surface area contributed by atoms with Crippen LogP contribution in [0.4, 0.5) is 0 Å². The summed E-state index contributed by atoms with van der Waals surface area (Å²) in [5.74, 6) is -0.629. The zero-order valence-electron chi connectivity index (χ0n) is 10.5. The second kappa shape index (κ2) is 6.58. The number of nitrogens with zero attached hydrogens (tertiary/aromatic N) is 2. The van der Waals surface area contributed by atoms with Gasteiger partial charge in [0, 0.05) is 12.7 Å². The Balaban J connectivity index is 2.69. The van der Waals surface area contributed by atoms with Crippen molar-refractivity contribution in [2.75, 3.05) is 13.2 Å². The summed E-state index contributed by atoms with van der Waals surface area (Å²) < 4.78 is 6.26. The molecule has 1 unspecified atom stereocenters. The van der Waals surface area contributed by atoms with Crippen LogP contribution in [-0.2, 0) is 9.53 Å². The summed E-state index contributed by atoms with van der Waals surface area (Å²) in [6.07, 6.45) is 4.48. The first-order valence-corrected chi connectivity index (χ1v) is 5.70. The lowest BCUT2D eigenvalue weighted by atomic mass is 10.3. The topological polar surface area (TPSA) is 73.2 Å². The lowest BCUT2D eigenvalue weighted by Crippen LogP contribution is -2.31. The second-order valence-electron chi connectivity index (χ2n) is 3.64. The largest absolute Gasteiger partial charge is 0.462 e. The van der Waals surface area contributed by atoms with Crippen molar-refractivity contribution in [1.82, 2.24) is 15.1 Å². The number of aromatic nitrogens is 2. The maximum atomic E-state index is 11.7. The van der Waals surface area contributed by atoms with Crippen molar-refractivity contribution in [2.24, 2.45) is 0 Å². The molecule has 98 valence electrons. The Hall–Kier alpha value is -2.11. The van der Waals surface area contributed by atoms with Gasteiger partial charge in [-0.25, -0.2) is 4.79 Å². The fourth-order valence-corrected chi connectivity index (χ4v) is 1.31. The number of carbonyl (C=O) groups excluding carboxylic acids is 2. The minimum absolute atomic E-state index is 0.187. The molecule has 6 nitrogen and oxygen atoms in total. The predicted molar refractivity (Wildman–Crippen MR) is 66.1 cm³/mol. The zero-order valence-corrected chi connectivity index (χ0v) is 10.5. The van der Waals surface area contributed by atoms with E-state index in [4.69, 9.17) is 4.74 Å². The predicted octanol–water partition coefficient (Wildman–Crippen LogP) is 0.923. The summed E-state index contributed by atoms with van der Waals surface area (Å²) in [5, 5.41) is 6.64. The van der Waals surface area contributed by atoms with Crippen molar-refractivity contribution in [2.45, 2.75) is 19.9 Å². The van der Waals surface area contributed by atoms with E-state index in [2.05, 4.69) is 17.0 Å². The molecule has 0 aliphatic carbocycles. The maximum absolute atomic E-state index is 11.7. The Labute approximate surface area is 106 Å². The number of esters is 1. The van der Waals surface area contributed by atoms with Gasteiger partial charge in [0.25, 0.3) is 0 Å². The third-order valence-corrected chi connectivity index (χ3v) is 2.31. The molecule has 0 fully saturated rings. The Morgan fingerprint density at radius 1 is 1.67 bits per heavy atom. The summed E-state index contributed by atoms with van der Waals surface area (Å²) in [5.41, 5.74) is 0.334. The minimum Gasteiger partial charge on any atom is -0.462 e. The van der Waals surface area contributed by atoms with Crippen molar-refractivity contribution < 1.29 is 14.3 Å². The van der Waals surface area contributed by atoms with Crippen LogP contribution in [0.15, 0.2) is 25.0 Å². The zero-order chi connectivity index (χ0) is 13.5. The number of rotatable bonds is 6. The van der Waals surface area contributed by atoms with Gasteiger partial charge in [0.1, 0.15) is 6.04 Å². The molecule has 0 radical (unpaired) electrons. The Kier molecular flexibility index (Phi) is 5.10. The van der Waals surface area contributed by atoms with E-state index < -0.39 is 12.0 Å². The highest BCUT2D eigenvalue weighted by atomic mass is 16.5. The molecule has 1 aromatic heterocycles. The van der Waals surface area contributed by atoms with Crippen molar-refractivity contribution in [3.8, 4) is 0 Å². The normalized spacial score (nSPS) is 11.7. The van der Waals surface area contributed by atoms with Crippen LogP contribution < -0.4 is 5.32 Å². The Morgan fingerprint density at radius 3 is 3.00 bits per heavy atom. The third-order valence-electron chi connectivity index (χ3n) is 2.31. The summed E-state index contributed by atoms with van der Waals surface area (Å²) in [6.45, 7) is 7.64. The molecule has 6 heteroatoms. The molecule has 0 saturated heterocycles. The average molecular weight is 251 g/mol. The van der Waals surface area contributed by atoms with Crippen LogP contribution in [0, 0.1) is 0 Å². The lowest BCUT2D eigenvalue weighted by Gasteiger charge is -2.11. The summed E-state index contributed by atoms with van der Waals surface area (Å²) >= 11 is 0. The van der Waals surface area contributed by atoms with E-state index in [9.17, 15) is 9.59 Å². The molecule has 1 atom stereocenters. The van der Waals surface area contributed by atoms with Gasteiger partial charge in [-0.1, -0.05) is 6.08 Å². The van der Waals surface area contributed by atoms with Crippen LogP contribution in [0.25, 0.3) is 0 Å². The molecule has 18 heavy (non-hydrogen) atoms. The van der Waals surface area contributed by atoms with E-state index in [1.165, 1.54) is 17.1 Å². The van der Waals surface area contributed by atoms with Gasteiger partial charge >= 0.3 is 5.97 Å². The molecule has 1 aromatic rings. The van der Waals surface area contributed by atoms with Gasteiger partial charge in [0.2, 0.25) is 5.91 Å². The van der Waals surface area contributed by atoms with E-state index in [1.54, 1.807) is 19.9 Å². The SMILES string of the molecule is C=CCNC(=O)C(C)n1cc(C(=O)OCC)cn1. The fourth-order valence-electron chi connectivity index (χ4n) is 1.31. The fraction of sp³-hybridized carbons (Fsp3) is 0.417. The standard InChI is InChI=1S/C12H17N3O3/c1-4-6-13-11(16)9(3)15-8-10(7-14-15)12(17)18-5-2/h4,7-9H,1,5-6H2,2-3H3,(H,13,16). The number of amides is 1. The van der Waals surface area contributed by atoms with Gasteiger partial charge in [-0.2, -0.15) is 5.10 Å². The number of hydrogen-bond donors (Lipinski definition) is 1. The van der Waals surface area contributed by atoms with Crippen molar-refractivity contribution in [3.05, 3.63) is 30.6 Å². The van der Waals surface area contributed by atoms with Crippen molar-refractivity contribution in [1.29, 1.82) is 0 Å². The van der Waals surface area contributed by atoms with E-state index in [0.29, 0.717) is 18.7 Å². The highest BCUT2D eigenvalue weighted by molar-refractivity contribution is 5.89. The summed E-state index contributed by atoms with van der Waals surface area (Å²) in [6, 6.07) is -0.492. The van der Waals surface area contributed by atoms with Gasteiger partial charge in [-0.3, -0.25) is 9.48 Å². The highest BCUT2D eigenvalue weighted by Gasteiger charge is 2.17. The molecule has 1 amide bonds. The molecule has 0 aromatic carbocycles. The van der Waals surface area contributed by atoms with Crippen molar-refractivity contribution in [3.63, 3.8) is 0 Å². The van der Waals surface area contributed by atoms with Gasteiger partial charge in [0.05, 0.1) is 18.4 Å². The first-order chi connectivity index (χ1) is 8.60. The van der Waals surface area contributed by atoms with Gasteiger partial charge < -0.3 is 10.1 Å². The summed E-state index contributed by atoms with van der Waals surface area (Å²) in [4.78, 5) is 23.1. The number of carbonyl (C=O) groups is 2. The van der Waals surface area contributed by atoms with Gasteiger partial charge in [-0.05, 0) is 13.8 Å². The maximum Gasteiger partial charge on any atom is 0.341 e. The molecule has 1 N–H and O–H groups in total. The quantitative estimate of drug-likeness (QED) is 0.603. The van der Waals surface area contributed by atoms with Crippen LogP contribution in [0.2, 0.25) is 0 Å². The third kappa shape index (κ3) is 3.44.